The van der Waals surface area contributed by atoms with Gasteiger partial charge >= 0.3 is 0 Å². The summed E-state index contributed by atoms with van der Waals surface area (Å²) in [6.07, 6.45) is 0.670. The smallest absolute Gasteiger partial charge is 0.244 e. The molecule has 1 aromatic carbocycles. The molecule has 0 unspecified atom stereocenters. The van der Waals surface area contributed by atoms with Crippen molar-refractivity contribution in [3.63, 3.8) is 0 Å². The van der Waals surface area contributed by atoms with E-state index in [1.54, 1.807) is 0 Å². The summed E-state index contributed by atoms with van der Waals surface area (Å²) in [6.45, 7) is 5.61. The summed E-state index contributed by atoms with van der Waals surface area (Å²) in [5.41, 5.74) is 5.23. The van der Waals surface area contributed by atoms with E-state index in [-0.39, 0.29) is 20.6 Å². The van der Waals surface area contributed by atoms with Gasteiger partial charge in [0.05, 0.1) is 15.7 Å². The van der Waals surface area contributed by atoms with Crippen molar-refractivity contribution < 1.29 is 8.42 Å². The number of hydrogen-bond acceptors (Lipinski definition) is 3. The Morgan fingerprint density at radius 1 is 1.32 bits per heavy atom. The van der Waals surface area contributed by atoms with Gasteiger partial charge in [0.15, 0.2) is 0 Å². The first-order chi connectivity index (χ1) is 8.55. The number of nitrogen functional groups attached to an aromatic ring is 1. The molecule has 0 aliphatic heterocycles. The van der Waals surface area contributed by atoms with Crippen molar-refractivity contribution in [2.75, 3.05) is 12.8 Å². The fourth-order valence-electron chi connectivity index (χ4n) is 1.44. The monoisotopic (exact) mass is 324 g/mol. The van der Waals surface area contributed by atoms with Crippen LogP contribution >= 0.6 is 23.2 Å². The van der Waals surface area contributed by atoms with E-state index in [0.29, 0.717) is 6.42 Å². The molecule has 0 atom stereocenters. The molecule has 0 heterocycles. The largest absolute Gasteiger partial charge is 0.396 e. The summed E-state index contributed by atoms with van der Waals surface area (Å²) in [6, 6.07) is 2.81. The molecular weight excluding hydrogens is 307 g/mol. The van der Waals surface area contributed by atoms with Crippen LogP contribution in [0, 0.1) is 0 Å². The molecule has 2 N–H and O–H groups in total. The quantitative estimate of drug-likeness (QED) is 0.863. The maximum atomic E-state index is 12.6. The second kappa shape index (κ2) is 5.48. The van der Waals surface area contributed by atoms with E-state index in [1.807, 2.05) is 20.8 Å². The van der Waals surface area contributed by atoms with Crippen molar-refractivity contribution in [1.29, 1.82) is 0 Å². The van der Waals surface area contributed by atoms with Crippen LogP contribution in [0.3, 0.4) is 0 Å². The predicted molar refractivity (Wildman–Crippen MR) is 80.2 cm³/mol. The Hall–Kier alpha value is -0.490. The fraction of sp³-hybridized carbons (Fsp3) is 0.500. The highest BCUT2D eigenvalue weighted by Gasteiger charge is 2.34. The van der Waals surface area contributed by atoms with Crippen LogP contribution in [0.4, 0.5) is 5.69 Å². The third kappa shape index (κ3) is 2.99. The first-order valence-electron chi connectivity index (χ1n) is 5.78. The van der Waals surface area contributed by atoms with E-state index in [0.717, 1.165) is 0 Å². The molecule has 0 saturated heterocycles. The van der Waals surface area contributed by atoms with Crippen LogP contribution in [0.2, 0.25) is 10.0 Å². The Balaban J connectivity index is 3.41. The predicted octanol–water partition coefficient (Wildman–Crippen LogP) is 3.38. The summed E-state index contributed by atoms with van der Waals surface area (Å²) in [5.74, 6) is 0. The minimum atomic E-state index is -3.72. The third-order valence-electron chi connectivity index (χ3n) is 3.45. The lowest BCUT2D eigenvalue weighted by molar-refractivity contribution is 0.257. The standard InChI is InChI=1S/C12H18Cl2N2O2S/c1-5-12(2,3)16(4)19(17,18)9-7-6-8(13)11(15)10(9)14/h6-7H,5,15H2,1-4H3. The number of halogens is 2. The molecule has 0 fully saturated rings. The van der Waals surface area contributed by atoms with E-state index < -0.39 is 15.6 Å². The molecule has 0 radical (unpaired) electrons. The highest BCUT2D eigenvalue weighted by molar-refractivity contribution is 7.89. The Morgan fingerprint density at radius 3 is 2.32 bits per heavy atom. The number of nitrogens with zero attached hydrogens (tertiary/aromatic N) is 1. The van der Waals surface area contributed by atoms with Crippen LogP contribution in [-0.4, -0.2) is 25.3 Å². The Labute approximate surface area is 124 Å². The first kappa shape index (κ1) is 16.6. The molecule has 0 spiro atoms. The zero-order valence-electron chi connectivity index (χ0n) is 11.4. The van der Waals surface area contributed by atoms with Gasteiger partial charge in [-0.2, -0.15) is 4.31 Å². The Bertz CT molecular complexity index is 586. The SMILES string of the molecule is CCC(C)(C)N(C)S(=O)(=O)c1ccc(Cl)c(N)c1Cl. The Morgan fingerprint density at radius 2 is 1.84 bits per heavy atom. The highest BCUT2D eigenvalue weighted by atomic mass is 35.5. The van der Waals surface area contributed by atoms with Crippen LogP contribution in [0.1, 0.15) is 27.2 Å². The topological polar surface area (TPSA) is 63.4 Å². The number of anilines is 1. The summed E-state index contributed by atoms with van der Waals surface area (Å²) in [7, 11) is -2.19. The summed E-state index contributed by atoms with van der Waals surface area (Å²) >= 11 is 11.8. The van der Waals surface area contributed by atoms with E-state index in [2.05, 4.69) is 0 Å². The minimum Gasteiger partial charge on any atom is -0.396 e. The van der Waals surface area contributed by atoms with Crippen molar-refractivity contribution in [2.24, 2.45) is 0 Å². The molecule has 7 heteroatoms. The summed E-state index contributed by atoms with van der Waals surface area (Å²) in [4.78, 5) is -0.0277. The normalized spacial score (nSPS) is 13.0. The van der Waals surface area contributed by atoms with E-state index in [9.17, 15) is 8.42 Å². The van der Waals surface area contributed by atoms with Gasteiger partial charge in [0.25, 0.3) is 0 Å². The van der Waals surface area contributed by atoms with E-state index in [4.69, 9.17) is 28.9 Å². The second-order valence-electron chi connectivity index (χ2n) is 4.91. The number of benzene rings is 1. The third-order valence-corrected chi connectivity index (χ3v) is 6.41. The fourth-order valence-corrected chi connectivity index (χ4v) is 3.76. The van der Waals surface area contributed by atoms with Crippen LogP contribution < -0.4 is 5.73 Å². The van der Waals surface area contributed by atoms with Gasteiger partial charge < -0.3 is 5.73 Å². The van der Waals surface area contributed by atoms with Crippen molar-refractivity contribution in [2.45, 2.75) is 37.6 Å². The van der Waals surface area contributed by atoms with Gasteiger partial charge in [0.2, 0.25) is 10.0 Å². The molecule has 0 amide bonds. The molecule has 4 nitrogen and oxygen atoms in total. The highest BCUT2D eigenvalue weighted by Crippen LogP contribution is 2.36. The van der Waals surface area contributed by atoms with Gasteiger partial charge in [-0.05, 0) is 32.4 Å². The molecule has 1 rings (SSSR count). The Kier molecular flexibility index (Phi) is 4.78. The lowest BCUT2D eigenvalue weighted by Gasteiger charge is -2.34. The van der Waals surface area contributed by atoms with E-state index in [1.165, 1.54) is 23.5 Å². The van der Waals surface area contributed by atoms with Gasteiger partial charge in [0, 0.05) is 12.6 Å². The maximum Gasteiger partial charge on any atom is 0.244 e. The van der Waals surface area contributed by atoms with E-state index >= 15 is 0 Å². The van der Waals surface area contributed by atoms with Crippen molar-refractivity contribution >= 4 is 38.9 Å². The molecule has 0 saturated carbocycles. The van der Waals surface area contributed by atoms with Crippen LogP contribution in [0.5, 0.6) is 0 Å². The molecule has 0 aliphatic carbocycles. The first-order valence-corrected chi connectivity index (χ1v) is 7.97. The van der Waals surface area contributed by atoms with Crippen LogP contribution in [-0.2, 0) is 10.0 Å². The lowest BCUT2D eigenvalue weighted by Crippen LogP contribution is -2.44. The maximum absolute atomic E-state index is 12.6. The zero-order chi connectivity index (χ0) is 15.0. The number of rotatable bonds is 4. The van der Waals surface area contributed by atoms with Gasteiger partial charge in [-0.15, -0.1) is 0 Å². The number of hydrogen-bond donors (Lipinski definition) is 1. The van der Waals surface area contributed by atoms with Crippen LogP contribution in [0.15, 0.2) is 17.0 Å². The molecular formula is C12H18Cl2N2O2S. The average Bonchev–Trinajstić information content (AvgIpc) is 2.34. The van der Waals surface area contributed by atoms with Gasteiger partial charge in [-0.3, -0.25) is 0 Å². The number of sulfonamides is 1. The molecule has 19 heavy (non-hydrogen) atoms. The minimum absolute atomic E-state index is 0.0277. The summed E-state index contributed by atoms with van der Waals surface area (Å²) in [5, 5.41) is 0.201. The average molecular weight is 325 g/mol. The molecule has 1 aromatic rings. The van der Waals surface area contributed by atoms with Gasteiger partial charge in [-0.1, -0.05) is 30.1 Å². The zero-order valence-corrected chi connectivity index (χ0v) is 13.7. The summed E-state index contributed by atoms with van der Waals surface area (Å²) < 4.78 is 26.4. The molecule has 108 valence electrons. The second-order valence-corrected chi connectivity index (χ2v) is 7.63. The van der Waals surface area contributed by atoms with Crippen molar-refractivity contribution in [3.05, 3.63) is 22.2 Å². The number of nitrogens with two attached hydrogens (primary N) is 1. The lowest BCUT2D eigenvalue weighted by atomic mass is 10.0. The van der Waals surface area contributed by atoms with Crippen molar-refractivity contribution in [3.8, 4) is 0 Å². The molecule has 0 aromatic heterocycles. The molecule has 0 bridgehead atoms. The van der Waals surface area contributed by atoms with Gasteiger partial charge in [-0.25, -0.2) is 8.42 Å². The van der Waals surface area contributed by atoms with Crippen molar-refractivity contribution in [1.82, 2.24) is 4.31 Å². The molecule has 0 aliphatic rings. The van der Waals surface area contributed by atoms with Crippen LogP contribution in [0.25, 0.3) is 0 Å². The van der Waals surface area contributed by atoms with Gasteiger partial charge in [0.1, 0.15) is 4.90 Å².